The van der Waals surface area contributed by atoms with Crippen molar-refractivity contribution in [1.29, 1.82) is 0 Å². The van der Waals surface area contributed by atoms with E-state index < -0.39 is 10.0 Å². The fourth-order valence-corrected chi connectivity index (χ4v) is 5.02. The predicted octanol–water partition coefficient (Wildman–Crippen LogP) is 3.51. The molecule has 0 spiro atoms. The number of benzene rings is 1. The van der Waals surface area contributed by atoms with Crippen LogP contribution in [0, 0.1) is 0 Å². The minimum atomic E-state index is -3.48. The Morgan fingerprint density at radius 2 is 1.80 bits per heavy atom. The van der Waals surface area contributed by atoms with Crippen LogP contribution in [0.5, 0.6) is 0 Å². The molecule has 2 amide bonds. The summed E-state index contributed by atoms with van der Waals surface area (Å²) in [5.41, 5.74) is 0.599. The summed E-state index contributed by atoms with van der Waals surface area (Å²) in [7, 11) is -3.48. The molecule has 0 radical (unpaired) electrons. The summed E-state index contributed by atoms with van der Waals surface area (Å²) in [4.78, 5) is 14.0. The van der Waals surface area contributed by atoms with Crippen molar-refractivity contribution < 1.29 is 13.2 Å². The van der Waals surface area contributed by atoms with Gasteiger partial charge >= 0.3 is 6.03 Å². The van der Waals surface area contributed by atoms with Gasteiger partial charge in [-0.15, -0.1) is 0 Å². The molecular weight excluding hydrogens is 338 g/mol. The summed E-state index contributed by atoms with van der Waals surface area (Å²) in [6.07, 6.45) is 3.75. The zero-order valence-electron chi connectivity index (χ0n) is 15.4. The van der Waals surface area contributed by atoms with E-state index in [0.717, 1.165) is 25.7 Å². The molecule has 25 heavy (non-hydrogen) atoms. The normalized spacial score (nSPS) is 18.8. The molecule has 1 heterocycles. The maximum absolute atomic E-state index is 12.9. The van der Waals surface area contributed by atoms with Crippen LogP contribution in [-0.4, -0.2) is 49.3 Å². The molecule has 0 bridgehead atoms. The van der Waals surface area contributed by atoms with Crippen LogP contribution < -0.4 is 5.32 Å². The molecule has 140 valence electrons. The Hall–Kier alpha value is -1.60. The van der Waals surface area contributed by atoms with Crippen LogP contribution in [0.2, 0.25) is 0 Å². The maximum Gasteiger partial charge on any atom is 0.321 e. The Morgan fingerprint density at radius 1 is 1.16 bits per heavy atom. The van der Waals surface area contributed by atoms with Crippen LogP contribution >= 0.6 is 0 Å². The van der Waals surface area contributed by atoms with Crippen molar-refractivity contribution in [3.63, 3.8) is 0 Å². The molecule has 1 aromatic carbocycles. The Kier molecular flexibility index (Phi) is 6.84. The predicted molar refractivity (Wildman–Crippen MR) is 100 cm³/mol. The van der Waals surface area contributed by atoms with Gasteiger partial charge in [-0.05, 0) is 57.4 Å². The SMILES string of the molecule is CCC1CCCCN1S(=O)(=O)c1ccc(NC(=O)N(CC)CC)cc1. The van der Waals surface area contributed by atoms with Crippen molar-refractivity contribution in [3.05, 3.63) is 24.3 Å². The number of amides is 2. The number of hydrogen-bond acceptors (Lipinski definition) is 3. The van der Waals surface area contributed by atoms with Crippen LogP contribution in [0.1, 0.15) is 46.5 Å². The van der Waals surface area contributed by atoms with Gasteiger partial charge in [-0.3, -0.25) is 0 Å². The highest BCUT2D eigenvalue weighted by Crippen LogP contribution is 2.27. The second-order valence-electron chi connectivity index (χ2n) is 6.30. The highest BCUT2D eigenvalue weighted by molar-refractivity contribution is 7.89. The summed E-state index contributed by atoms with van der Waals surface area (Å²) in [5, 5.41) is 2.80. The molecule has 0 aromatic heterocycles. The van der Waals surface area contributed by atoms with E-state index in [9.17, 15) is 13.2 Å². The summed E-state index contributed by atoms with van der Waals surface area (Å²) in [6, 6.07) is 6.37. The summed E-state index contributed by atoms with van der Waals surface area (Å²) in [5.74, 6) is 0. The lowest BCUT2D eigenvalue weighted by atomic mass is 10.0. The number of nitrogens with one attached hydrogen (secondary N) is 1. The number of urea groups is 1. The molecule has 1 N–H and O–H groups in total. The van der Waals surface area contributed by atoms with E-state index in [1.54, 1.807) is 33.5 Å². The lowest BCUT2D eigenvalue weighted by molar-refractivity contribution is 0.217. The zero-order valence-corrected chi connectivity index (χ0v) is 16.2. The molecule has 1 fully saturated rings. The van der Waals surface area contributed by atoms with Gasteiger partial charge in [0.2, 0.25) is 10.0 Å². The Balaban J connectivity index is 2.14. The summed E-state index contributed by atoms with van der Waals surface area (Å²) >= 11 is 0. The van der Waals surface area contributed by atoms with Crippen molar-refractivity contribution in [1.82, 2.24) is 9.21 Å². The van der Waals surface area contributed by atoms with Crippen LogP contribution in [0.15, 0.2) is 29.2 Å². The first-order chi connectivity index (χ1) is 11.9. The molecule has 1 aliphatic heterocycles. The minimum absolute atomic E-state index is 0.0841. The zero-order chi connectivity index (χ0) is 18.4. The van der Waals surface area contributed by atoms with Crippen molar-refractivity contribution in [2.45, 2.75) is 57.4 Å². The highest BCUT2D eigenvalue weighted by atomic mass is 32.2. The monoisotopic (exact) mass is 367 g/mol. The van der Waals surface area contributed by atoms with Gasteiger partial charge in [0, 0.05) is 31.4 Å². The van der Waals surface area contributed by atoms with E-state index in [2.05, 4.69) is 5.32 Å². The molecule has 7 heteroatoms. The van der Waals surface area contributed by atoms with Crippen molar-refractivity contribution >= 4 is 21.7 Å². The van der Waals surface area contributed by atoms with Crippen molar-refractivity contribution in [2.24, 2.45) is 0 Å². The number of piperidine rings is 1. The van der Waals surface area contributed by atoms with Gasteiger partial charge in [0.1, 0.15) is 0 Å². The van der Waals surface area contributed by atoms with Gasteiger partial charge < -0.3 is 10.2 Å². The minimum Gasteiger partial charge on any atom is -0.325 e. The molecule has 0 aliphatic carbocycles. The number of hydrogen-bond donors (Lipinski definition) is 1. The smallest absolute Gasteiger partial charge is 0.321 e. The van der Waals surface area contributed by atoms with E-state index in [0.29, 0.717) is 25.3 Å². The largest absolute Gasteiger partial charge is 0.325 e. The van der Waals surface area contributed by atoms with Gasteiger partial charge in [-0.25, -0.2) is 13.2 Å². The standard InChI is InChI=1S/C18H29N3O3S/c1-4-16-9-7-8-14-21(16)25(23,24)17-12-10-15(11-13-17)19-18(22)20(5-2)6-3/h10-13,16H,4-9,14H2,1-3H3,(H,19,22). The molecule has 6 nitrogen and oxygen atoms in total. The van der Waals surface area contributed by atoms with E-state index in [4.69, 9.17) is 0 Å². The lowest BCUT2D eigenvalue weighted by Crippen LogP contribution is -2.43. The van der Waals surface area contributed by atoms with Crippen LogP contribution in [0.4, 0.5) is 10.5 Å². The molecular formula is C18H29N3O3S. The molecule has 1 atom stereocenters. The van der Waals surface area contributed by atoms with E-state index in [-0.39, 0.29) is 17.0 Å². The average molecular weight is 368 g/mol. The van der Waals surface area contributed by atoms with Gasteiger partial charge in [0.05, 0.1) is 4.90 Å². The number of anilines is 1. The maximum atomic E-state index is 12.9. The van der Waals surface area contributed by atoms with E-state index in [1.807, 2.05) is 20.8 Å². The van der Waals surface area contributed by atoms with Crippen molar-refractivity contribution in [2.75, 3.05) is 25.0 Å². The molecule has 0 saturated carbocycles. The number of sulfonamides is 1. The number of carbonyl (C=O) groups excluding carboxylic acids is 1. The van der Waals surface area contributed by atoms with Gasteiger partial charge in [0.15, 0.2) is 0 Å². The number of nitrogens with zero attached hydrogens (tertiary/aromatic N) is 2. The molecule has 2 rings (SSSR count). The van der Waals surface area contributed by atoms with Gasteiger partial charge in [-0.2, -0.15) is 4.31 Å². The van der Waals surface area contributed by atoms with Gasteiger partial charge in [0.25, 0.3) is 0 Å². The molecule has 1 saturated heterocycles. The Labute approximate surface area is 151 Å². The highest BCUT2D eigenvalue weighted by Gasteiger charge is 2.32. The second-order valence-corrected chi connectivity index (χ2v) is 8.19. The fraction of sp³-hybridized carbons (Fsp3) is 0.611. The Morgan fingerprint density at radius 3 is 2.36 bits per heavy atom. The Bertz CT molecular complexity index is 669. The number of rotatable bonds is 6. The lowest BCUT2D eigenvalue weighted by Gasteiger charge is -2.34. The first kappa shape index (κ1) is 19.7. The van der Waals surface area contributed by atoms with Crippen LogP contribution in [0.3, 0.4) is 0 Å². The first-order valence-corrected chi connectivity index (χ1v) is 10.6. The molecule has 1 aliphatic rings. The van der Waals surface area contributed by atoms with Gasteiger partial charge in [-0.1, -0.05) is 13.3 Å². The average Bonchev–Trinajstić information content (AvgIpc) is 2.63. The topological polar surface area (TPSA) is 69.7 Å². The molecule has 1 unspecified atom stereocenters. The fourth-order valence-electron chi connectivity index (χ4n) is 3.26. The van der Waals surface area contributed by atoms with Crippen LogP contribution in [0.25, 0.3) is 0 Å². The summed E-state index contributed by atoms with van der Waals surface area (Å²) < 4.78 is 27.5. The third-order valence-electron chi connectivity index (χ3n) is 4.81. The van der Waals surface area contributed by atoms with E-state index >= 15 is 0 Å². The van der Waals surface area contributed by atoms with E-state index in [1.165, 1.54) is 0 Å². The first-order valence-electron chi connectivity index (χ1n) is 9.11. The quantitative estimate of drug-likeness (QED) is 0.836. The van der Waals surface area contributed by atoms with Crippen molar-refractivity contribution in [3.8, 4) is 0 Å². The third-order valence-corrected chi connectivity index (χ3v) is 6.77. The molecule has 1 aromatic rings. The summed E-state index contributed by atoms with van der Waals surface area (Å²) in [6.45, 7) is 7.71. The third kappa shape index (κ3) is 4.52. The second kappa shape index (κ2) is 8.67. The van der Waals surface area contributed by atoms with Crippen LogP contribution in [-0.2, 0) is 10.0 Å². The number of carbonyl (C=O) groups is 1.